The monoisotopic (exact) mass is 352 g/mol. The molecule has 0 amide bonds. The van der Waals surface area contributed by atoms with Gasteiger partial charge >= 0.3 is 12.5 Å². The first-order valence-corrected chi connectivity index (χ1v) is 7.30. The largest absolute Gasteiger partial charge is 0.451 e. The molecule has 1 aromatic heterocycles. The van der Waals surface area contributed by atoms with Crippen LogP contribution in [0.4, 0.5) is 17.6 Å². The molecule has 25 heavy (non-hydrogen) atoms. The molecule has 3 aromatic rings. The van der Waals surface area contributed by atoms with Crippen molar-refractivity contribution in [2.24, 2.45) is 0 Å². The van der Waals surface area contributed by atoms with Gasteiger partial charge in [-0.2, -0.15) is 8.78 Å². The SMILES string of the molecule is C[C@@H](OC(=O)c1c(F)cccc1F)c1nc2ccccc2n1C(F)F. The molecule has 8 heteroatoms. The Bertz CT molecular complexity index is 919. The van der Waals surface area contributed by atoms with Crippen LogP contribution in [0.2, 0.25) is 0 Å². The molecule has 0 bridgehead atoms. The van der Waals surface area contributed by atoms with Crippen LogP contribution in [0.1, 0.15) is 35.8 Å². The fourth-order valence-electron chi connectivity index (χ4n) is 2.52. The molecule has 0 N–H and O–H groups in total. The third-order valence-electron chi connectivity index (χ3n) is 3.63. The molecular formula is C17H12F4N2O2. The number of imidazole rings is 1. The number of rotatable bonds is 4. The lowest BCUT2D eigenvalue weighted by molar-refractivity contribution is 0.0224. The maximum absolute atomic E-state index is 13.6. The van der Waals surface area contributed by atoms with E-state index in [0.717, 1.165) is 18.2 Å². The molecule has 0 fully saturated rings. The summed E-state index contributed by atoms with van der Waals surface area (Å²) in [6, 6.07) is 9.07. The Morgan fingerprint density at radius 1 is 1.08 bits per heavy atom. The normalized spacial score (nSPS) is 12.6. The molecule has 0 saturated heterocycles. The number of benzene rings is 2. The zero-order chi connectivity index (χ0) is 18.1. The number of hydrogen-bond acceptors (Lipinski definition) is 3. The van der Waals surface area contributed by atoms with E-state index in [-0.39, 0.29) is 16.9 Å². The van der Waals surface area contributed by atoms with Crippen LogP contribution in [0.3, 0.4) is 0 Å². The number of nitrogens with zero attached hydrogens (tertiary/aromatic N) is 2. The summed E-state index contributed by atoms with van der Waals surface area (Å²) in [6.07, 6.45) is -1.24. The summed E-state index contributed by atoms with van der Waals surface area (Å²) in [7, 11) is 0. The number of fused-ring (bicyclic) bond motifs is 1. The average Bonchev–Trinajstić information content (AvgIpc) is 2.94. The van der Waals surface area contributed by atoms with Crippen LogP contribution in [0.25, 0.3) is 11.0 Å². The van der Waals surface area contributed by atoms with Crippen LogP contribution in [-0.4, -0.2) is 15.5 Å². The van der Waals surface area contributed by atoms with E-state index in [1.54, 1.807) is 12.1 Å². The van der Waals surface area contributed by atoms with Gasteiger partial charge in [0.25, 0.3) is 0 Å². The maximum atomic E-state index is 13.6. The van der Waals surface area contributed by atoms with Gasteiger partial charge in [0.05, 0.1) is 11.0 Å². The summed E-state index contributed by atoms with van der Waals surface area (Å²) >= 11 is 0. The molecule has 0 aliphatic heterocycles. The van der Waals surface area contributed by atoms with E-state index in [1.807, 2.05) is 0 Å². The van der Waals surface area contributed by atoms with Gasteiger partial charge in [0.15, 0.2) is 11.9 Å². The van der Waals surface area contributed by atoms with Gasteiger partial charge in [0.1, 0.15) is 17.2 Å². The number of esters is 1. The van der Waals surface area contributed by atoms with Gasteiger partial charge < -0.3 is 4.74 Å². The first-order valence-electron chi connectivity index (χ1n) is 7.30. The zero-order valence-corrected chi connectivity index (χ0v) is 12.9. The number of carbonyl (C=O) groups is 1. The fourth-order valence-corrected chi connectivity index (χ4v) is 2.52. The maximum Gasteiger partial charge on any atom is 0.344 e. The van der Waals surface area contributed by atoms with Crippen molar-refractivity contribution in [3.05, 3.63) is 65.5 Å². The fraction of sp³-hybridized carbons (Fsp3) is 0.176. The van der Waals surface area contributed by atoms with Gasteiger partial charge in [-0.1, -0.05) is 18.2 Å². The van der Waals surface area contributed by atoms with E-state index in [1.165, 1.54) is 19.1 Å². The lowest BCUT2D eigenvalue weighted by Crippen LogP contribution is -2.16. The van der Waals surface area contributed by atoms with Crippen LogP contribution < -0.4 is 0 Å². The molecule has 130 valence electrons. The number of ether oxygens (including phenoxy) is 1. The summed E-state index contributed by atoms with van der Waals surface area (Å²) in [4.78, 5) is 16.1. The van der Waals surface area contributed by atoms with Crippen molar-refractivity contribution in [2.45, 2.75) is 19.6 Å². The van der Waals surface area contributed by atoms with Crippen molar-refractivity contribution in [3.63, 3.8) is 0 Å². The number of alkyl halides is 2. The molecule has 2 aromatic carbocycles. The Labute approximate surface area is 139 Å². The van der Waals surface area contributed by atoms with E-state index in [0.29, 0.717) is 4.57 Å². The zero-order valence-electron chi connectivity index (χ0n) is 12.9. The molecular weight excluding hydrogens is 340 g/mol. The van der Waals surface area contributed by atoms with Crippen LogP contribution >= 0.6 is 0 Å². The van der Waals surface area contributed by atoms with Gasteiger partial charge in [0, 0.05) is 0 Å². The molecule has 1 atom stereocenters. The van der Waals surface area contributed by atoms with Crippen molar-refractivity contribution >= 4 is 17.0 Å². The second-order valence-corrected chi connectivity index (χ2v) is 5.25. The highest BCUT2D eigenvalue weighted by Gasteiger charge is 2.26. The number of para-hydroxylation sites is 2. The minimum atomic E-state index is -2.92. The lowest BCUT2D eigenvalue weighted by Gasteiger charge is -2.15. The predicted octanol–water partition coefficient (Wildman–Crippen LogP) is 4.63. The van der Waals surface area contributed by atoms with E-state index in [9.17, 15) is 22.4 Å². The second kappa shape index (κ2) is 6.54. The van der Waals surface area contributed by atoms with Crippen LogP contribution in [0.15, 0.2) is 42.5 Å². The van der Waals surface area contributed by atoms with Crippen molar-refractivity contribution in [1.29, 1.82) is 0 Å². The minimum absolute atomic E-state index is 0.160. The summed E-state index contributed by atoms with van der Waals surface area (Å²) in [5, 5.41) is 0. The smallest absolute Gasteiger partial charge is 0.344 e. The first-order chi connectivity index (χ1) is 11.9. The first kappa shape index (κ1) is 16.9. The van der Waals surface area contributed by atoms with Gasteiger partial charge in [-0.15, -0.1) is 0 Å². The van der Waals surface area contributed by atoms with Gasteiger partial charge in [0.2, 0.25) is 0 Å². The van der Waals surface area contributed by atoms with Crippen molar-refractivity contribution in [3.8, 4) is 0 Å². The van der Waals surface area contributed by atoms with Crippen molar-refractivity contribution in [1.82, 2.24) is 9.55 Å². The second-order valence-electron chi connectivity index (χ2n) is 5.25. The summed E-state index contributed by atoms with van der Waals surface area (Å²) < 4.78 is 59.7. The topological polar surface area (TPSA) is 44.1 Å². The molecule has 0 unspecified atom stereocenters. The Kier molecular flexibility index (Phi) is 4.43. The van der Waals surface area contributed by atoms with Crippen LogP contribution in [-0.2, 0) is 4.74 Å². The summed E-state index contributed by atoms with van der Waals surface area (Å²) in [6.45, 7) is -1.62. The Morgan fingerprint density at radius 2 is 1.72 bits per heavy atom. The molecule has 3 rings (SSSR count). The average molecular weight is 352 g/mol. The van der Waals surface area contributed by atoms with Gasteiger partial charge in [-0.3, -0.25) is 4.57 Å². The molecule has 4 nitrogen and oxygen atoms in total. The summed E-state index contributed by atoms with van der Waals surface area (Å²) in [5.74, 6) is -3.71. The highest BCUT2D eigenvalue weighted by Crippen LogP contribution is 2.29. The number of carbonyl (C=O) groups excluding carboxylic acids is 1. The predicted molar refractivity (Wildman–Crippen MR) is 81.2 cm³/mol. The third-order valence-corrected chi connectivity index (χ3v) is 3.63. The molecule has 1 heterocycles. The lowest BCUT2D eigenvalue weighted by atomic mass is 10.2. The molecule has 0 aliphatic rings. The summed E-state index contributed by atoms with van der Waals surface area (Å²) in [5.41, 5.74) is -0.431. The third kappa shape index (κ3) is 3.07. The van der Waals surface area contributed by atoms with Gasteiger partial charge in [-0.25, -0.2) is 18.6 Å². The Balaban J connectivity index is 1.96. The standard InChI is InChI=1S/C17H12F4N2O2/c1-9(25-16(24)14-10(18)5-4-6-11(14)19)15-22-12-7-2-3-8-13(12)23(15)17(20)21/h2-9,17H,1H3/t9-/m1/s1. The molecule has 0 saturated carbocycles. The Morgan fingerprint density at radius 3 is 2.36 bits per heavy atom. The van der Waals surface area contributed by atoms with E-state index >= 15 is 0 Å². The Hall–Kier alpha value is -2.90. The van der Waals surface area contributed by atoms with Crippen LogP contribution in [0, 0.1) is 11.6 Å². The molecule has 0 radical (unpaired) electrons. The minimum Gasteiger partial charge on any atom is -0.451 e. The quantitative estimate of drug-likeness (QED) is 0.508. The van der Waals surface area contributed by atoms with Crippen molar-refractivity contribution < 1.29 is 27.1 Å². The molecule has 0 spiro atoms. The highest BCUT2D eigenvalue weighted by atomic mass is 19.3. The number of hydrogen-bond donors (Lipinski definition) is 0. The molecule has 0 aliphatic carbocycles. The number of aromatic nitrogens is 2. The number of halogens is 4. The van der Waals surface area contributed by atoms with E-state index in [2.05, 4.69) is 4.98 Å². The van der Waals surface area contributed by atoms with E-state index in [4.69, 9.17) is 4.74 Å². The van der Waals surface area contributed by atoms with Crippen LogP contribution in [0.5, 0.6) is 0 Å². The highest BCUT2D eigenvalue weighted by molar-refractivity contribution is 5.90. The van der Waals surface area contributed by atoms with Gasteiger partial charge in [-0.05, 0) is 31.2 Å². The van der Waals surface area contributed by atoms with E-state index < -0.39 is 35.8 Å². The van der Waals surface area contributed by atoms with Crippen molar-refractivity contribution in [2.75, 3.05) is 0 Å².